The van der Waals surface area contributed by atoms with Crippen molar-refractivity contribution in [3.05, 3.63) is 47.9 Å². The van der Waals surface area contributed by atoms with Gasteiger partial charge in [-0.15, -0.1) is 0 Å². The molecule has 0 spiro atoms. The average Bonchev–Trinajstić information content (AvgIpc) is 3.38. The predicted molar refractivity (Wildman–Crippen MR) is 99.3 cm³/mol. The number of carbonyl (C=O) groups excluding carboxylic acids is 1. The molecule has 27 heavy (non-hydrogen) atoms. The second-order valence-electron chi connectivity index (χ2n) is 6.92. The normalized spacial score (nSPS) is 20.4. The third-order valence-corrected chi connectivity index (χ3v) is 6.75. The van der Waals surface area contributed by atoms with E-state index in [1.54, 1.807) is 35.4 Å². The highest BCUT2D eigenvalue weighted by Crippen LogP contribution is 2.28. The van der Waals surface area contributed by atoms with Crippen LogP contribution in [0.3, 0.4) is 0 Å². The maximum Gasteiger partial charge on any atom is 0.322 e. The summed E-state index contributed by atoms with van der Waals surface area (Å²) in [5.74, 6) is 0.809. The molecule has 2 aliphatic rings. The number of sulfone groups is 1. The molecular formula is C19H22N2O5S. The number of rotatable bonds is 5. The van der Waals surface area contributed by atoms with Gasteiger partial charge >= 0.3 is 6.03 Å². The first-order valence-corrected chi connectivity index (χ1v) is 10.7. The number of aryl methyl sites for hydroxylation is 1. The maximum atomic E-state index is 12.9. The molecule has 0 aliphatic carbocycles. The van der Waals surface area contributed by atoms with Gasteiger partial charge in [0.2, 0.25) is 0 Å². The summed E-state index contributed by atoms with van der Waals surface area (Å²) in [6, 6.07) is 8.35. The van der Waals surface area contributed by atoms with Gasteiger partial charge in [-0.25, -0.2) is 13.2 Å². The van der Waals surface area contributed by atoms with Crippen LogP contribution in [0.4, 0.5) is 10.5 Å². The van der Waals surface area contributed by atoms with Crippen molar-refractivity contribution in [2.75, 3.05) is 24.2 Å². The van der Waals surface area contributed by atoms with Gasteiger partial charge in [0.25, 0.3) is 0 Å². The summed E-state index contributed by atoms with van der Waals surface area (Å²) < 4.78 is 35.3. The van der Waals surface area contributed by atoms with Crippen molar-refractivity contribution >= 4 is 21.6 Å². The Labute approximate surface area is 158 Å². The SMILES string of the molecule is O=C(Nc1ccc2c(c1)S(=O)(=O)CC2)N(Cc1ccco1)CC1CCCO1. The van der Waals surface area contributed by atoms with Gasteiger partial charge in [0.15, 0.2) is 9.84 Å². The van der Waals surface area contributed by atoms with E-state index in [2.05, 4.69) is 5.32 Å². The van der Waals surface area contributed by atoms with E-state index in [4.69, 9.17) is 9.15 Å². The van der Waals surface area contributed by atoms with Crippen LogP contribution in [0.1, 0.15) is 24.2 Å². The Morgan fingerprint density at radius 1 is 1.30 bits per heavy atom. The average molecular weight is 390 g/mol. The molecule has 3 heterocycles. The Bertz CT molecular complexity index is 918. The molecule has 144 valence electrons. The lowest BCUT2D eigenvalue weighted by Crippen LogP contribution is -2.39. The van der Waals surface area contributed by atoms with Crippen LogP contribution in [0, 0.1) is 0 Å². The first-order chi connectivity index (χ1) is 13.0. The summed E-state index contributed by atoms with van der Waals surface area (Å²) in [5.41, 5.74) is 1.28. The Hall–Kier alpha value is -2.32. The number of nitrogens with zero attached hydrogens (tertiary/aromatic N) is 1. The number of benzene rings is 1. The summed E-state index contributed by atoms with van der Waals surface area (Å²) in [5, 5.41) is 2.82. The number of nitrogens with one attached hydrogen (secondary N) is 1. The van der Waals surface area contributed by atoms with E-state index in [-0.39, 0.29) is 17.9 Å². The van der Waals surface area contributed by atoms with E-state index in [1.165, 1.54) is 0 Å². The third-order valence-electron chi connectivity index (χ3n) is 4.96. The topological polar surface area (TPSA) is 88.9 Å². The number of amides is 2. The molecule has 0 saturated carbocycles. The van der Waals surface area contributed by atoms with E-state index < -0.39 is 9.84 Å². The third kappa shape index (κ3) is 4.01. The van der Waals surface area contributed by atoms with Crippen molar-refractivity contribution < 1.29 is 22.4 Å². The molecule has 7 nitrogen and oxygen atoms in total. The molecule has 8 heteroatoms. The molecule has 1 saturated heterocycles. The Morgan fingerprint density at radius 2 is 2.19 bits per heavy atom. The van der Waals surface area contributed by atoms with Gasteiger partial charge in [0.05, 0.1) is 29.6 Å². The summed E-state index contributed by atoms with van der Waals surface area (Å²) in [4.78, 5) is 14.8. The number of hydrogen-bond donors (Lipinski definition) is 1. The van der Waals surface area contributed by atoms with Crippen molar-refractivity contribution in [2.24, 2.45) is 0 Å². The molecule has 1 unspecified atom stereocenters. The number of ether oxygens (including phenoxy) is 1. The second-order valence-corrected chi connectivity index (χ2v) is 8.99. The van der Waals surface area contributed by atoms with Crippen LogP contribution < -0.4 is 5.32 Å². The van der Waals surface area contributed by atoms with Crippen LogP contribution in [-0.4, -0.2) is 44.4 Å². The fourth-order valence-electron chi connectivity index (χ4n) is 3.53. The van der Waals surface area contributed by atoms with E-state index in [0.29, 0.717) is 42.5 Å². The zero-order valence-electron chi connectivity index (χ0n) is 14.9. The van der Waals surface area contributed by atoms with Crippen LogP contribution in [0.2, 0.25) is 0 Å². The number of carbonyl (C=O) groups is 1. The molecule has 1 N–H and O–H groups in total. The van der Waals surface area contributed by atoms with Crippen LogP contribution >= 0.6 is 0 Å². The highest BCUT2D eigenvalue weighted by atomic mass is 32.2. The molecule has 1 aromatic heterocycles. The minimum Gasteiger partial charge on any atom is -0.467 e. The fraction of sp³-hybridized carbons (Fsp3) is 0.421. The highest BCUT2D eigenvalue weighted by Gasteiger charge is 2.27. The monoisotopic (exact) mass is 390 g/mol. The molecule has 1 fully saturated rings. The molecule has 4 rings (SSSR count). The van der Waals surface area contributed by atoms with Crippen molar-refractivity contribution in [1.29, 1.82) is 0 Å². The highest BCUT2D eigenvalue weighted by molar-refractivity contribution is 7.91. The van der Waals surface area contributed by atoms with Gasteiger partial charge < -0.3 is 19.4 Å². The Balaban J connectivity index is 1.51. The van der Waals surface area contributed by atoms with Crippen LogP contribution in [0.5, 0.6) is 0 Å². The number of anilines is 1. The van der Waals surface area contributed by atoms with Gasteiger partial charge in [-0.2, -0.15) is 0 Å². The number of furan rings is 1. The van der Waals surface area contributed by atoms with Gasteiger partial charge in [-0.1, -0.05) is 6.07 Å². The second kappa shape index (κ2) is 7.36. The van der Waals surface area contributed by atoms with Crippen LogP contribution in [0.15, 0.2) is 45.9 Å². The molecule has 1 aromatic carbocycles. The molecule has 0 bridgehead atoms. The van der Waals surface area contributed by atoms with Crippen LogP contribution in [-0.2, 0) is 27.5 Å². The molecular weight excluding hydrogens is 368 g/mol. The molecule has 0 radical (unpaired) electrons. The number of hydrogen-bond acceptors (Lipinski definition) is 5. The smallest absolute Gasteiger partial charge is 0.322 e. The maximum absolute atomic E-state index is 12.9. The molecule has 2 aliphatic heterocycles. The summed E-state index contributed by atoms with van der Waals surface area (Å²) in [6.45, 7) is 1.49. The summed E-state index contributed by atoms with van der Waals surface area (Å²) in [6.07, 6.45) is 4.01. The first-order valence-electron chi connectivity index (χ1n) is 9.07. The van der Waals surface area contributed by atoms with Crippen molar-refractivity contribution in [2.45, 2.75) is 36.8 Å². The molecule has 2 aromatic rings. The van der Waals surface area contributed by atoms with Crippen molar-refractivity contribution in [3.63, 3.8) is 0 Å². The minimum absolute atomic E-state index is 0.00566. The van der Waals surface area contributed by atoms with Crippen LogP contribution in [0.25, 0.3) is 0 Å². The van der Waals surface area contributed by atoms with Crippen molar-refractivity contribution in [3.8, 4) is 0 Å². The minimum atomic E-state index is -3.24. The standard InChI is InChI=1S/C19H22N2O5S/c22-19(20-15-6-5-14-7-10-27(23,24)18(14)11-15)21(12-16-3-1-8-25-16)13-17-4-2-9-26-17/h1,3,5-6,8,11,17H,2,4,7,9-10,12-13H2,(H,20,22). The predicted octanol–water partition coefficient (Wildman–Crippen LogP) is 2.82. The summed E-state index contributed by atoms with van der Waals surface area (Å²) >= 11 is 0. The van der Waals surface area contributed by atoms with Gasteiger partial charge in [-0.05, 0) is 49.1 Å². The zero-order chi connectivity index (χ0) is 18.9. The van der Waals surface area contributed by atoms with Gasteiger partial charge in [-0.3, -0.25) is 0 Å². The first kappa shape index (κ1) is 18.1. The van der Waals surface area contributed by atoms with Crippen molar-refractivity contribution in [1.82, 2.24) is 4.90 Å². The zero-order valence-corrected chi connectivity index (χ0v) is 15.7. The van der Waals surface area contributed by atoms with E-state index in [1.807, 2.05) is 6.07 Å². The largest absolute Gasteiger partial charge is 0.467 e. The van der Waals surface area contributed by atoms with E-state index in [9.17, 15) is 13.2 Å². The number of urea groups is 1. The lowest BCUT2D eigenvalue weighted by molar-refractivity contribution is 0.0803. The molecule has 1 atom stereocenters. The lowest BCUT2D eigenvalue weighted by Gasteiger charge is -2.25. The Morgan fingerprint density at radius 3 is 2.93 bits per heavy atom. The van der Waals surface area contributed by atoms with Gasteiger partial charge in [0.1, 0.15) is 5.76 Å². The summed E-state index contributed by atoms with van der Waals surface area (Å²) in [7, 11) is -3.24. The fourth-order valence-corrected chi connectivity index (χ4v) is 5.11. The number of fused-ring (bicyclic) bond motifs is 1. The lowest BCUT2D eigenvalue weighted by atomic mass is 10.1. The quantitative estimate of drug-likeness (QED) is 0.848. The van der Waals surface area contributed by atoms with E-state index in [0.717, 1.165) is 18.4 Å². The Kier molecular flexibility index (Phi) is 4.92. The van der Waals surface area contributed by atoms with E-state index >= 15 is 0 Å². The molecule has 2 amide bonds. The van der Waals surface area contributed by atoms with Gasteiger partial charge in [0, 0.05) is 18.8 Å².